The molecule has 0 saturated carbocycles. The highest BCUT2D eigenvalue weighted by molar-refractivity contribution is 5.69. The number of aliphatic hydroxyl groups is 1. The van der Waals surface area contributed by atoms with Crippen molar-refractivity contribution in [3.63, 3.8) is 0 Å². The molecule has 0 aliphatic rings. The summed E-state index contributed by atoms with van der Waals surface area (Å²) in [6, 6.07) is 0. The van der Waals surface area contributed by atoms with Crippen molar-refractivity contribution in [2.75, 3.05) is 19.8 Å². The minimum atomic E-state index is -0.538. The lowest BCUT2D eigenvalue weighted by Crippen LogP contribution is -2.27. The smallest absolute Gasteiger partial charge is 0.306 e. The van der Waals surface area contributed by atoms with Gasteiger partial charge in [0.05, 0.1) is 13.2 Å². The summed E-state index contributed by atoms with van der Waals surface area (Å²) in [4.78, 5) is 12.2. The van der Waals surface area contributed by atoms with Crippen LogP contribution in [0.5, 0.6) is 0 Å². The fourth-order valence-electron chi connectivity index (χ4n) is 6.00. The molecule has 4 nitrogen and oxygen atoms in total. The summed E-state index contributed by atoms with van der Waals surface area (Å²) in [7, 11) is 0. The summed E-state index contributed by atoms with van der Waals surface area (Å²) >= 11 is 0. The largest absolute Gasteiger partial charge is 0.457 e. The first-order valence-electron chi connectivity index (χ1n) is 21.1. The fourth-order valence-corrected chi connectivity index (χ4v) is 6.00. The molecule has 0 aliphatic heterocycles. The van der Waals surface area contributed by atoms with Crippen molar-refractivity contribution >= 4 is 5.97 Å². The highest BCUT2D eigenvalue weighted by atomic mass is 16.6. The maximum Gasteiger partial charge on any atom is 0.306 e. The van der Waals surface area contributed by atoms with E-state index in [1.807, 2.05) is 0 Å². The topological polar surface area (TPSA) is 55.8 Å². The molecule has 0 fully saturated rings. The molecule has 0 spiro atoms. The summed E-state index contributed by atoms with van der Waals surface area (Å²) in [6.07, 6.45) is 52.0. The molecule has 0 aromatic carbocycles. The third kappa shape index (κ3) is 39.1. The number of esters is 1. The first kappa shape index (κ1) is 46.6. The summed E-state index contributed by atoms with van der Waals surface area (Å²) in [6.45, 7) is 5.32. The van der Waals surface area contributed by atoms with Crippen LogP contribution >= 0.6 is 0 Å². The summed E-state index contributed by atoms with van der Waals surface area (Å²) in [5.74, 6) is -0.209. The quantitative estimate of drug-likeness (QED) is 0.0400. The van der Waals surface area contributed by atoms with Crippen molar-refractivity contribution in [3.05, 3.63) is 36.5 Å². The zero-order valence-electron chi connectivity index (χ0n) is 32.3. The normalized spacial score (nSPS) is 12.6. The van der Waals surface area contributed by atoms with Crippen LogP contribution in [0.25, 0.3) is 0 Å². The van der Waals surface area contributed by atoms with Crippen LogP contribution in [0.1, 0.15) is 213 Å². The Hall–Kier alpha value is -1.39. The molecular weight excluding hydrogens is 592 g/mol. The maximum absolute atomic E-state index is 12.2. The first-order valence-corrected chi connectivity index (χ1v) is 21.1. The number of rotatable bonds is 39. The van der Waals surface area contributed by atoms with Gasteiger partial charge in [-0.15, -0.1) is 0 Å². The van der Waals surface area contributed by atoms with Crippen molar-refractivity contribution < 1.29 is 19.4 Å². The molecule has 0 bridgehead atoms. The van der Waals surface area contributed by atoms with Crippen LogP contribution < -0.4 is 0 Å². The van der Waals surface area contributed by atoms with Gasteiger partial charge in [-0.1, -0.05) is 172 Å². The van der Waals surface area contributed by atoms with E-state index < -0.39 is 6.10 Å². The highest BCUT2D eigenvalue weighted by Gasteiger charge is 2.13. The Kier molecular flexibility index (Phi) is 40.6. The minimum absolute atomic E-state index is 0.175. The number of carbonyl (C=O) groups excluding carboxylic acids is 1. The fraction of sp³-hybridized carbons (Fsp3) is 0.841. The Morgan fingerprint density at radius 2 is 0.875 bits per heavy atom. The van der Waals surface area contributed by atoms with Crippen LogP contribution in [0.2, 0.25) is 0 Å². The van der Waals surface area contributed by atoms with Gasteiger partial charge in [-0.2, -0.15) is 0 Å². The molecule has 0 radical (unpaired) electrons. The number of hydrogen-bond donors (Lipinski definition) is 1. The van der Waals surface area contributed by atoms with Crippen molar-refractivity contribution in [1.82, 2.24) is 0 Å². The van der Waals surface area contributed by atoms with Gasteiger partial charge in [0, 0.05) is 13.0 Å². The molecule has 0 rings (SSSR count). The van der Waals surface area contributed by atoms with E-state index in [-0.39, 0.29) is 12.6 Å². The second-order valence-electron chi connectivity index (χ2n) is 14.1. The Bertz CT molecular complexity index is 713. The average Bonchev–Trinajstić information content (AvgIpc) is 3.09. The molecule has 0 saturated heterocycles. The predicted octanol–water partition coefficient (Wildman–Crippen LogP) is 13.7. The minimum Gasteiger partial charge on any atom is -0.457 e. The van der Waals surface area contributed by atoms with E-state index in [1.54, 1.807) is 0 Å². The van der Waals surface area contributed by atoms with E-state index in [9.17, 15) is 9.90 Å². The van der Waals surface area contributed by atoms with Crippen molar-refractivity contribution in [3.8, 4) is 0 Å². The average molecular weight is 675 g/mol. The van der Waals surface area contributed by atoms with Crippen LogP contribution in [0.3, 0.4) is 0 Å². The van der Waals surface area contributed by atoms with Gasteiger partial charge in [-0.3, -0.25) is 4.79 Å². The predicted molar refractivity (Wildman–Crippen MR) is 210 cm³/mol. The molecule has 4 heteroatoms. The number of allylic oxidation sites excluding steroid dienone is 6. The highest BCUT2D eigenvalue weighted by Crippen LogP contribution is 2.13. The van der Waals surface area contributed by atoms with Crippen molar-refractivity contribution in [2.45, 2.75) is 219 Å². The zero-order chi connectivity index (χ0) is 34.9. The number of hydrogen-bond acceptors (Lipinski definition) is 4. The summed E-state index contributed by atoms with van der Waals surface area (Å²) < 4.78 is 11.2. The zero-order valence-corrected chi connectivity index (χ0v) is 32.3. The van der Waals surface area contributed by atoms with Gasteiger partial charge >= 0.3 is 5.97 Å². The van der Waals surface area contributed by atoms with Gasteiger partial charge in [-0.05, 0) is 70.6 Å². The van der Waals surface area contributed by atoms with E-state index >= 15 is 0 Å². The van der Waals surface area contributed by atoms with Gasteiger partial charge in [0.2, 0.25) is 0 Å². The van der Waals surface area contributed by atoms with Gasteiger partial charge in [0.25, 0.3) is 0 Å². The van der Waals surface area contributed by atoms with Crippen molar-refractivity contribution in [1.29, 1.82) is 0 Å². The molecule has 0 heterocycles. The number of unbranched alkanes of at least 4 members (excludes halogenated alkanes) is 25. The number of carbonyl (C=O) groups is 1. The maximum atomic E-state index is 12.2. The van der Waals surface area contributed by atoms with Crippen LogP contribution in [0.4, 0.5) is 0 Å². The molecule has 1 N–H and O–H groups in total. The molecule has 0 aromatic rings. The number of ether oxygens (including phenoxy) is 2. The second-order valence-corrected chi connectivity index (χ2v) is 14.1. The van der Waals surface area contributed by atoms with Gasteiger partial charge in [0.1, 0.15) is 6.10 Å². The van der Waals surface area contributed by atoms with E-state index in [4.69, 9.17) is 9.47 Å². The van der Waals surface area contributed by atoms with Crippen LogP contribution in [-0.4, -0.2) is 37.0 Å². The molecule has 282 valence electrons. The molecule has 48 heavy (non-hydrogen) atoms. The third-order valence-electron chi connectivity index (χ3n) is 9.19. The summed E-state index contributed by atoms with van der Waals surface area (Å²) in [5, 5.41) is 9.59. The lowest BCUT2D eigenvalue weighted by molar-refractivity contribution is -0.154. The molecule has 0 aliphatic carbocycles. The second kappa shape index (κ2) is 41.8. The van der Waals surface area contributed by atoms with E-state index in [2.05, 4.69) is 50.3 Å². The Morgan fingerprint density at radius 3 is 1.35 bits per heavy atom. The van der Waals surface area contributed by atoms with Crippen LogP contribution in [0.15, 0.2) is 36.5 Å². The Balaban J connectivity index is 3.43. The van der Waals surface area contributed by atoms with E-state index in [0.717, 1.165) is 25.7 Å². The van der Waals surface area contributed by atoms with Gasteiger partial charge < -0.3 is 14.6 Å². The van der Waals surface area contributed by atoms with E-state index in [1.165, 1.54) is 167 Å². The van der Waals surface area contributed by atoms with Crippen LogP contribution in [0, 0.1) is 0 Å². The lowest BCUT2D eigenvalue weighted by Gasteiger charge is -2.16. The van der Waals surface area contributed by atoms with Crippen molar-refractivity contribution in [2.24, 2.45) is 0 Å². The van der Waals surface area contributed by atoms with E-state index in [0.29, 0.717) is 19.6 Å². The summed E-state index contributed by atoms with van der Waals surface area (Å²) in [5.41, 5.74) is 0. The van der Waals surface area contributed by atoms with Crippen LogP contribution in [-0.2, 0) is 14.3 Å². The number of aliphatic hydroxyl groups excluding tert-OH is 1. The Morgan fingerprint density at radius 1 is 0.500 bits per heavy atom. The lowest BCUT2D eigenvalue weighted by atomic mass is 10.1. The molecule has 0 aromatic heterocycles. The molecule has 1 atom stereocenters. The molecular formula is C44H82O4. The SMILES string of the molecule is CCCCC/C=C\C/C=C\CCCCCCCCCC(=O)OC(CO)COCCCCCCCCCC/C=C\CCCCCCCCC. The monoisotopic (exact) mass is 675 g/mol. The molecule has 0 amide bonds. The molecule has 1 unspecified atom stereocenters. The third-order valence-corrected chi connectivity index (χ3v) is 9.19. The van der Waals surface area contributed by atoms with Gasteiger partial charge in [-0.25, -0.2) is 0 Å². The Labute approximate surface area is 300 Å². The van der Waals surface area contributed by atoms with Gasteiger partial charge in [0.15, 0.2) is 0 Å². The first-order chi connectivity index (χ1) is 23.7. The standard InChI is InChI=1S/C44H82O4/c1-3-5-7-9-11-13-15-17-19-21-22-24-26-28-30-32-34-36-38-40-47-42-43(41-45)48-44(46)39-37-35-33-31-29-27-25-23-20-18-16-14-12-10-8-6-4-2/h12,14,18-21,43,45H,3-11,13,15-17,22-42H2,1-2H3/b14-12-,20-18-,21-19-.